The minimum Gasteiger partial charge on any atom is -0.368 e. The Kier molecular flexibility index (Phi) is 5.73. The zero-order chi connectivity index (χ0) is 21.2. The van der Waals surface area contributed by atoms with Gasteiger partial charge in [-0.3, -0.25) is 9.78 Å². The van der Waals surface area contributed by atoms with Crippen molar-refractivity contribution in [3.63, 3.8) is 0 Å². The maximum absolute atomic E-state index is 12.6. The van der Waals surface area contributed by atoms with E-state index in [1.807, 2.05) is 23.2 Å². The SMILES string of the molecule is CC(c1ccc(-c2cnc3ccccc3c2)cc1)C1CCN(C(=O)[C@H]2CCCO2)CC1. The van der Waals surface area contributed by atoms with Crippen LogP contribution in [0, 0.1) is 5.92 Å². The van der Waals surface area contributed by atoms with Crippen molar-refractivity contribution in [2.75, 3.05) is 19.7 Å². The second-order valence-electron chi connectivity index (χ2n) is 8.99. The van der Waals surface area contributed by atoms with Crippen molar-refractivity contribution in [2.24, 2.45) is 5.92 Å². The van der Waals surface area contributed by atoms with Crippen molar-refractivity contribution >= 4 is 16.8 Å². The van der Waals surface area contributed by atoms with Crippen molar-refractivity contribution in [2.45, 2.75) is 44.6 Å². The minimum absolute atomic E-state index is 0.189. The fraction of sp³-hybridized carbons (Fsp3) is 0.407. The number of ether oxygens (including phenoxy) is 1. The van der Waals surface area contributed by atoms with Crippen molar-refractivity contribution < 1.29 is 9.53 Å². The highest BCUT2D eigenvalue weighted by Crippen LogP contribution is 2.34. The highest BCUT2D eigenvalue weighted by Gasteiger charge is 2.32. The first-order chi connectivity index (χ1) is 15.2. The molecule has 5 rings (SSSR count). The van der Waals surface area contributed by atoms with Gasteiger partial charge < -0.3 is 9.64 Å². The Morgan fingerprint density at radius 2 is 1.81 bits per heavy atom. The number of pyridine rings is 1. The van der Waals surface area contributed by atoms with Crippen molar-refractivity contribution in [1.82, 2.24) is 9.88 Å². The van der Waals surface area contributed by atoms with Gasteiger partial charge in [0.1, 0.15) is 6.10 Å². The number of likely N-dealkylation sites (tertiary alicyclic amines) is 1. The molecule has 31 heavy (non-hydrogen) atoms. The lowest BCUT2D eigenvalue weighted by Crippen LogP contribution is -2.44. The summed E-state index contributed by atoms with van der Waals surface area (Å²) < 4.78 is 5.59. The van der Waals surface area contributed by atoms with E-state index in [-0.39, 0.29) is 12.0 Å². The molecule has 1 unspecified atom stereocenters. The molecule has 2 aliphatic heterocycles. The zero-order valence-corrected chi connectivity index (χ0v) is 18.2. The molecular formula is C27H30N2O2. The molecule has 2 aromatic carbocycles. The number of aromatic nitrogens is 1. The topological polar surface area (TPSA) is 42.4 Å². The summed E-state index contributed by atoms with van der Waals surface area (Å²) in [5.74, 6) is 1.31. The molecular weight excluding hydrogens is 384 g/mol. The molecule has 3 aromatic rings. The number of hydrogen-bond donors (Lipinski definition) is 0. The number of amides is 1. The van der Waals surface area contributed by atoms with Crippen LogP contribution in [-0.2, 0) is 9.53 Å². The highest BCUT2D eigenvalue weighted by atomic mass is 16.5. The minimum atomic E-state index is -0.189. The number of fused-ring (bicyclic) bond motifs is 1. The van der Waals surface area contributed by atoms with E-state index < -0.39 is 0 Å². The first-order valence-corrected chi connectivity index (χ1v) is 11.5. The third kappa shape index (κ3) is 4.22. The van der Waals surface area contributed by atoms with Crippen LogP contribution >= 0.6 is 0 Å². The summed E-state index contributed by atoms with van der Waals surface area (Å²) in [5, 5.41) is 1.17. The average Bonchev–Trinajstić information content (AvgIpc) is 3.38. The molecule has 2 saturated heterocycles. The summed E-state index contributed by atoms with van der Waals surface area (Å²) in [6, 6.07) is 19.4. The Labute approximate surface area is 184 Å². The van der Waals surface area contributed by atoms with Crippen LogP contribution < -0.4 is 0 Å². The lowest BCUT2D eigenvalue weighted by molar-refractivity contribution is -0.142. The van der Waals surface area contributed by atoms with Crippen molar-refractivity contribution in [3.8, 4) is 11.1 Å². The van der Waals surface area contributed by atoms with E-state index in [2.05, 4.69) is 54.4 Å². The summed E-state index contributed by atoms with van der Waals surface area (Å²) in [6.45, 7) is 4.77. The van der Waals surface area contributed by atoms with Crippen LogP contribution in [0.4, 0.5) is 0 Å². The summed E-state index contributed by atoms with van der Waals surface area (Å²) in [4.78, 5) is 19.2. The highest BCUT2D eigenvalue weighted by molar-refractivity contribution is 5.83. The van der Waals surface area contributed by atoms with E-state index >= 15 is 0 Å². The molecule has 4 nitrogen and oxygen atoms in total. The van der Waals surface area contributed by atoms with Gasteiger partial charge in [0.15, 0.2) is 0 Å². The van der Waals surface area contributed by atoms with Gasteiger partial charge in [0.25, 0.3) is 5.91 Å². The normalized spacial score (nSPS) is 20.8. The summed E-state index contributed by atoms with van der Waals surface area (Å²) in [6.07, 6.45) is 5.79. The number of carbonyl (C=O) groups is 1. The standard InChI is InChI=1S/C27H30N2O2/c1-19(21-12-14-29(15-13-21)27(30)26-7-4-16-31-26)20-8-10-22(11-9-20)24-17-23-5-2-3-6-25(23)28-18-24/h2-3,5-6,8-11,17-19,21,26H,4,7,12-16H2,1H3/t19?,26-/m1/s1. The van der Waals surface area contributed by atoms with Gasteiger partial charge in [-0.2, -0.15) is 0 Å². The Balaban J connectivity index is 1.23. The van der Waals surface area contributed by atoms with E-state index in [0.29, 0.717) is 11.8 Å². The molecule has 2 fully saturated rings. The van der Waals surface area contributed by atoms with E-state index in [9.17, 15) is 4.79 Å². The van der Waals surface area contributed by atoms with Gasteiger partial charge in [0, 0.05) is 36.8 Å². The van der Waals surface area contributed by atoms with Gasteiger partial charge >= 0.3 is 0 Å². The predicted molar refractivity (Wildman–Crippen MR) is 124 cm³/mol. The maximum Gasteiger partial charge on any atom is 0.251 e. The predicted octanol–water partition coefficient (Wildman–Crippen LogP) is 5.42. The third-order valence-corrected chi connectivity index (χ3v) is 7.12. The Hall–Kier alpha value is -2.72. The Morgan fingerprint density at radius 3 is 2.55 bits per heavy atom. The molecule has 3 heterocycles. The van der Waals surface area contributed by atoms with Crippen molar-refractivity contribution in [3.05, 3.63) is 66.4 Å². The van der Waals surface area contributed by atoms with Crippen molar-refractivity contribution in [1.29, 1.82) is 0 Å². The molecule has 0 aliphatic carbocycles. The maximum atomic E-state index is 12.6. The number of benzene rings is 2. The summed E-state index contributed by atoms with van der Waals surface area (Å²) >= 11 is 0. The number of piperidine rings is 1. The fourth-order valence-electron chi connectivity index (χ4n) is 5.08. The largest absolute Gasteiger partial charge is 0.368 e. The molecule has 2 aliphatic rings. The molecule has 0 bridgehead atoms. The third-order valence-electron chi connectivity index (χ3n) is 7.12. The van der Waals surface area contributed by atoms with Crippen LogP contribution in [0.1, 0.15) is 44.1 Å². The summed E-state index contributed by atoms with van der Waals surface area (Å²) in [7, 11) is 0. The van der Waals surface area contributed by atoms with Gasteiger partial charge in [-0.1, -0.05) is 49.4 Å². The van der Waals surface area contributed by atoms with Gasteiger partial charge in [0.2, 0.25) is 0 Å². The molecule has 160 valence electrons. The molecule has 0 N–H and O–H groups in total. The van der Waals surface area contributed by atoms with E-state index in [0.717, 1.165) is 56.5 Å². The average molecular weight is 415 g/mol. The molecule has 0 spiro atoms. The van der Waals surface area contributed by atoms with Crippen LogP contribution in [0.3, 0.4) is 0 Å². The second-order valence-corrected chi connectivity index (χ2v) is 8.99. The van der Waals surface area contributed by atoms with Crippen LogP contribution in [0.25, 0.3) is 22.0 Å². The lowest BCUT2D eigenvalue weighted by Gasteiger charge is -2.36. The van der Waals surface area contributed by atoms with Crippen LogP contribution in [0.15, 0.2) is 60.8 Å². The van der Waals surface area contributed by atoms with Gasteiger partial charge in [-0.05, 0) is 60.8 Å². The number of hydrogen-bond acceptors (Lipinski definition) is 3. The smallest absolute Gasteiger partial charge is 0.251 e. The Bertz CT molecular complexity index is 1050. The molecule has 1 aromatic heterocycles. The molecule has 4 heteroatoms. The number of carbonyl (C=O) groups excluding carboxylic acids is 1. The van der Waals surface area contributed by atoms with Crippen LogP contribution in [-0.4, -0.2) is 41.6 Å². The molecule has 1 amide bonds. The number of rotatable bonds is 4. The quantitative estimate of drug-likeness (QED) is 0.572. The zero-order valence-electron chi connectivity index (χ0n) is 18.2. The molecule has 0 radical (unpaired) electrons. The van der Waals surface area contributed by atoms with Gasteiger partial charge in [-0.25, -0.2) is 0 Å². The first kappa shape index (κ1) is 20.2. The second kappa shape index (κ2) is 8.80. The lowest BCUT2D eigenvalue weighted by atomic mass is 9.81. The number of para-hydroxylation sites is 1. The first-order valence-electron chi connectivity index (χ1n) is 11.5. The monoisotopic (exact) mass is 414 g/mol. The van der Waals surface area contributed by atoms with Gasteiger partial charge in [0.05, 0.1) is 5.52 Å². The van der Waals surface area contributed by atoms with Gasteiger partial charge in [-0.15, -0.1) is 0 Å². The molecule has 0 saturated carbocycles. The number of nitrogens with zero attached hydrogens (tertiary/aromatic N) is 2. The van der Waals surface area contributed by atoms with E-state index in [4.69, 9.17) is 4.74 Å². The van der Waals surface area contributed by atoms with E-state index in [1.54, 1.807) is 0 Å². The Morgan fingerprint density at radius 1 is 1.03 bits per heavy atom. The molecule has 2 atom stereocenters. The summed E-state index contributed by atoms with van der Waals surface area (Å²) in [5.41, 5.74) is 4.76. The fourth-order valence-corrected chi connectivity index (χ4v) is 5.08. The van der Waals surface area contributed by atoms with Crippen LogP contribution in [0.5, 0.6) is 0 Å². The van der Waals surface area contributed by atoms with Crippen LogP contribution in [0.2, 0.25) is 0 Å². The van der Waals surface area contributed by atoms with E-state index in [1.165, 1.54) is 16.5 Å².